The molecule has 0 bridgehead atoms. The van der Waals surface area contributed by atoms with Gasteiger partial charge in [-0.2, -0.15) is 0 Å². The summed E-state index contributed by atoms with van der Waals surface area (Å²) in [6.07, 6.45) is 5.97. The Bertz CT molecular complexity index is 1050. The number of hydrazine groups is 1. The van der Waals surface area contributed by atoms with Gasteiger partial charge in [0, 0.05) is 63.4 Å². The molecule has 3 saturated heterocycles. The SMILES string of the molecule is Cc1cccc(N2CCN(C(=O)C3CCCN(C(=O)C4CC(c5ccncc5)NN4)C3)CC2)c1C. The number of hydrogen-bond donors (Lipinski definition) is 2. The van der Waals surface area contributed by atoms with Crippen molar-refractivity contribution in [1.29, 1.82) is 0 Å². The van der Waals surface area contributed by atoms with Crippen LogP contribution < -0.4 is 15.8 Å². The molecule has 3 unspecified atom stereocenters. The van der Waals surface area contributed by atoms with Crippen molar-refractivity contribution in [3.05, 3.63) is 59.4 Å². The van der Waals surface area contributed by atoms with Gasteiger partial charge in [0.05, 0.1) is 5.92 Å². The van der Waals surface area contributed by atoms with Crippen molar-refractivity contribution >= 4 is 17.5 Å². The van der Waals surface area contributed by atoms with Gasteiger partial charge in [-0.05, 0) is 68.0 Å². The van der Waals surface area contributed by atoms with E-state index in [0.29, 0.717) is 13.0 Å². The van der Waals surface area contributed by atoms with Crippen LogP contribution in [-0.2, 0) is 9.59 Å². The number of carbonyl (C=O) groups excluding carboxylic acids is 2. The van der Waals surface area contributed by atoms with Gasteiger partial charge in [-0.3, -0.25) is 14.6 Å². The Morgan fingerprint density at radius 1 is 0.914 bits per heavy atom. The van der Waals surface area contributed by atoms with E-state index < -0.39 is 0 Å². The molecule has 2 N–H and O–H groups in total. The zero-order valence-electron chi connectivity index (χ0n) is 20.7. The zero-order chi connectivity index (χ0) is 24.4. The summed E-state index contributed by atoms with van der Waals surface area (Å²) in [7, 11) is 0. The van der Waals surface area contributed by atoms with Crippen molar-refractivity contribution in [3.8, 4) is 0 Å². The molecule has 3 aliphatic heterocycles. The van der Waals surface area contributed by atoms with Gasteiger partial charge in [0.15, 0.2) is 0 Å². The molecule has 3 fully saturated rings. The van der Waals surface area contributed by atoms with Gasteiger partial charge in [0.2, 0.25) is 11.8 Å². The molecule has 3 atom stereocenters. The van der Waals surface area contributed by atoms with Crippen LogP contribution in [0.2, 0.25) is 0 Å². The van der Waals surface area contributed by atoms with E-state index in [4.69, 9.17) is 0 Å². The van der Waals surface area contributed by atoms with Gasteiger partial charge in [-0.25, -0.2) is 10.9 Å². The molecule has 35 heavy (non-hydrogen) atoms. The summed E-state index contributed by atoms with van der Waals surface area (Å²) in [6, 6.07) is 10.2. The average molecular weight is 477 g/mol. The number of amides is 2. The normalized spacial score (nSPS) is 25.1. The predicted octanol–water partition coefficient (Wildman–Crippen LogP) is 2.19. The maximum absolute atomic E-state index is 13.4. The summed E-state index contributed by atoms with van der Waals surface area (Å²) in [5.41, 5.74) is 11.4. The molecule has 8 nitrogen and oxygen atoms in total. The highest BCUT2D eigenvalue weighted by Gasteiger charge is 2.37. The molecule has 4 heterocycles. The Balaban J connectivity index is 1.15. The van der Waals surface area contributed by atoms with E-state index in [-0.39, 0.29) is 29.8 Å². The molecule has 0 saturated carbocycles. The van der Waals surface area contributed by atoms with Crippen molar-refractivity contribution in [3.63, 3.8) is 0 Å². The fourth-order valence-corrected chi connectivity index (χ4v) is 5.64. The monoisotopic (exact) mass is 476 g/mol. The van der Waals surface area contributed by atoms with Crippen LogP contribution in [0.5, 0.6) is 0 Å². The number of nitrogens with one attached hydrogen (secondary N) is 2. The molecular formula is C27H36N6O2. The molecular weight excluding hydrogens is 440 g/mol. The van der Waals surface area contributed by atoms with E-state index in [1.165, 1.54) is 16.8 Å². The third kappa shape index (κ3) is 5.04. The van der Waals surface area contributed by atoms with Crippen molar-refractivity contribution in [2.45, 2.75) is 45.2 Å². The van der Waals surface area contributed by atoms with Crippen molar-refractivity contribution in [1.82, 2.24) is 25.6 Å². The lowest BCUT2D eigenvalue weighted by Gasteiger charge is -2.40. The zero-order valence-corrected chi connectivity index (χ0v) is 20.7. The first-order valence-electron chi connectivity index (χ1n) is 12.8. The second kappa shape index (κ2) is 10.3. The first-order chi connectivity index (χ1) is 17.0. The largest absolute Gasteiger partial charge is 0.368 e. The minimum absolute atomic E-state index is 0.0857. The molecule has 0 radical (unpaired) electrons. The summed E-state index contributed by atoms with van der Waals surface area (Å²) in [4.78, 5) is 37.0. The second-order valence-corrected chi connectivity index (χ2v) is 10.1. The van der Waals surface area contributed by atoms with Gasteiger partial charge in [-0.15, -0.1) is 0 Å². The van der Waals surface area contributed by atoms with E-state index >= 15 is 0 Å². The van der Waals surface area contributed by atoms with E-state index in [2.05, 4.69) is 52.8 Å². The Kier molecular flexibility index (Phi) is 7.02. The molecule has 5 rings (SSSR count). The third-order valence-electron chi connectivity index (χ3n) is 7.90. The number of aryl methyl sites for hydroxylation is 1. The molecule has 3 aliphatic rings. The minimum Gasteiger partial charge on any atom is -0.368 e. The molecule has 2 amide bonds. The molecule has 8 heteroatoms. The van der Waals surface area contributed by atoms with Crippen molar-refractivity contribution in [2.24, 2.45) is 5.92 Å². The highest BCUT2D eigenvalue weighted by molar-refractivity contribution is 5.84. The highest BCUT2D eigenvalue weighted by Crippen LogP contribution is 2.27. The van der Waals surface area contributed by atoms with Crippen LogP contribution in [0.1, 0.15) is 42.0 Å². The number of piperidine rings is 1. The number of rotatable bonds is 4. The van der Waals surface area contributed by atoms with Crippen LogP contribution in [0.15, 0.2) is 42.7 Å². The lowest BCUT2D eigenvalue weighted by Crippen LogP contribution is -2.54. The maximum atomic E-state index is 13.4. The van der Waals surface area contributed by atoms with Gasteiger partial charge in [0.25, 0.3) is 0 Å². The summed E-state index contributed by atoms with van der Waals surface area (Å²) >= 11 is 0. The van der Waals surface area contributed by atoms with Crippen LogP contribution in [-0.4, -0.2) is 71.9 Å². The Morgan fingerprint density at radius 2 is 1.69 bits per heavy atom. The number of likely N-dealkylation sites (tertiary alicyclic amines) is 1. The van der Waals surface area contributed by atoms with E-state index in [1.807, 2.05) is 21.9 Å². The van der Waals surface area contributed by atoms with Gasteiger partial charge in [-0.1, -0.05) is 12.1 Å². The first kappa shape index (κ1) is 23.8. The number of piperazine rings is 1. The standard InChI is InChI=1S/C27H36N6O2/c1-19-5-3-7-25(20(19)2)31-13-15-32(16-14-31)26(34)22-6-4-12-33(18-22)27(35)24-17-23(29-30-24)21-8-10-28-11-9-21/h3,5,7-11,22-24,29-30H,4,6,12-18H2,1-2H3. The Morgan fingerprint density at radius 3 is 2.46 bits per heavy atom. The van der Waals surface area contributed by atoms with Crippen molar-refractivity contribution in [2.75, 3.05) is 44.2 Å². The number of nitrogens with zero attached hydrogens (tertiary/aromatic N) is 4. The fourth-order valence-electron chi connectivity index (χ4n) is 5.64. The third-order valence-corrected chi connectivity index (χ3v) is 7.90. The first-order valence-corrected chi connectivity index (χ1v) is 12.8. The molecule has 0 aliphatic carbocycles. The van der Waals surface area contributed by atoms with Crippen LogP contribution >= 0.6 is 0 Å². The number of pyridine rings is 1. The number of aromatic nitrogens is 1. The second-order valence-electron chi connectivity index (χ2n) is 10.1. The molecule has 1 aromatic heterocycles. The number of hydrogen-bond acceptors (Lipinski definition) is 6. The van der Waals surface area contributed by atoms with Crippen molar-refractivity contribution < 1.29 is 9.59 Å². The fraction of sp³-hybridized carbons (Fsp3) is 0.519. The molecule has 0 spiro atoms. The van der Waals surface area contributed by atoms with E-state index in [0.717, 1.165) is 51.1 Å². The number of benzene rings is 1. The topological polar surface area (TPSA) is 80.8 Å². The number of carbonyl (C=O) groups is 2. The summed E-state index contributed by atoms with van der Waals surface area (Å²) in [6.45, 7) is 8.72. The predicted molar refractivity (Wildman–Crippen MR) is 136 cm³/mol. The highest BCUT2D eigenvalue weighted by atomic mass is 16.2. The maximum Gasteiger partial charge on any atom is 0.241 e. The summed E-state index contributed by atoms with van der Waals surface area (Å²) in [5.74, 6) is 0.187. The Labute approximate surface area is 207 Å². The summed E-state index contributed by atoms with van der Waals surface area (Å²) < 4.78 is 0. The van der Waals surface area contributed by atoms with Gasteiger partial charge < -0.3 is 14.7 Å². The van der Waals surface area contributed by atoms with Gasteiger partial charge in [0.1, 0.15) is 6.04 Å². The van der Waals surface area contributed by atoms with Crippen LogP contribution in [0.4, 0.5) is 5.69 Å². The quantitative estimate of drug-likeness (QED) is 0.704. The van der Waals surface area contributed by atoms with E-state index in [9.17, 15) is 9.59 Å². The van der Waals surface area contributed by atoms with Gasteiger partial charge >= 0.3 is 0 Å². The number of anilines is 1. The Hall–Kier alpha value is -2.97. The minimum atomic E-state index is -0.275. The molecule has 186 valence electrons. The molecule has 2 aromatic rings. The average Bonchev–Trinajstić information content (AvgIpc) is 3.41. The van der Waals surface area contributed by atoms with E-state index in [1.54, 1.807) is 12.4 Å². The lowest BCUT2D eigenvalue weighted by atomic mass is 9.95. The smallest absolute Gasteiger partial charge is 0.241 e. The van der Waals surface area contributed by atoms with Crippen LogP contribution in [0, 0.1) is 19.8 Å². The molecule has 1 aromatic carbocycles. The van der Waals surface area contributed by atoms with Crippen LogP contribution in [0.3, 0.4) is 0 Å². The van der Waals surface area contributed by atoms with Crippen LogP contribution in [0.25, 0.3) is 0 Å². The lowest BCUT2D eigenvalue weighted by molar-refractivity contribution is -0.142. The summed E-state index contributed by atoms with van der Waals surface area (Å²) in [5, 5.41) is 0.